The molecule has 0 aromatic carbocycles. The Morgan fingerprint density at radius 3 is 2.62 bits per heavy atom. The van der Waals surface area contributed by atoms with E-state index in [1.54, 1.807) is 0 Å². The van der Waals surface area contributed by atoms with E-state index in [1.165, 1.54) is 7.11 Å². The molecule has 78 valence electrons. The zero-order chi connectivity index (χ0) is 9.94. The Hall–Kier alpha value is -0.610. The number of hydrogen-bond donors (Lipinski definition) is 2. The summed E-state index contributed by atoms with van der Waals surface area (Å²) in [5, 5.41) is 11.5. The first-order chi connectivity index (χ1) is 6.31. The fourth-order valence-corrected chi connectivity index (χ4v) is 0.978. The molecular weight excluding hydrogens is 170 g/mol. The summed E-state index contributed by atoms with van der Waals surface area (Å²) in [6.07, 6.45) is 4.05. The van der Waals surface area contributed by atoms with Crippen molar-refractivity contribution in [3.63, 3.8) is 0 Å². The molecule has 4 nitrogen and oxygen atoms in total. The van der Waals surface area contributed by atoms with Crippen LogP contribution >= 0.6 is 0 Å². The lowest BCUT2D eigenvalue weighted by atomic mass is 10.2. The van der Waals surface area contributed by atoms with Crippen LogP contribution in [0.5, 0.6) is 0 Å². The first-order valence-corrected chi connectivity index (χ1v) is 4.69. The Labute approximate surface area is 79.3 Å². The van der Waals surface area contributed by atoms with Gasteiger partial charge in [-0.3, -0.25) is 4.79 Å². The summed E-state index contributed by atoms with van der Waals surface area (Å²) in [7, 11) is 1.38. The van der Waals surface area contributed by atoms with Crippen LogP contribution in [0.3, 0.4) is 0 Å². The van der Waals surface area contributed by atoms with Gasteiger partial charge in [-0.2, -0.15) is 0 Å². The van der Waals surface area contributed by atoms with Gasteiger partial charge in [0, 0.05) is 6.61 Å². The number of ether oxygens (including phenoxy) is 1. The van der Waals surface area contributed by atoms with Crippen LogP contribution in [0.4, 0.5) is 0 Å². The van der Waals surface area contributed by atoms with E-state index in [2.05, 4.69) is 10.1 Å². The highest BCUT2D eigenvalue weighted by Crippen LogP contribution is 1.97. The first kappa shape index (κ1) is 12.4. The Morgan fingerprint density at radius 1 is 1.31 bits per heavy atom. The van der Waals surface area contributed by atoms with Crippen molar-refractivity contribution in [3.05, 3.63) is 0 Å². The van der Waals surface area contributed by atoms with E-state index in [4.69, 9.17) is 5.11 Å². The maximum absolute atomic E-state index is 10.6. The Balaban J connectivity index is 2.95. The second kappa shape index (κ2) is 9.48. The zero-order valence-electron chi connectivity index (χ0n) is 8.21. The Kier molecular flexibility index (Phi) is 9.03. The first-order valence-electron chi connectivity index (χ1n) is 4.69. The molecule has 0 rings (SSSR count). The van der Waals surface area contributed by atoms with E-state index in [1.807, 2.05) is 0 Å². The van der Waals surface area contributed by atoms with Gasteiger partial charge in [0.15, 0.2) is 0 Å². The minimum Gasteiger partial charge on any atom is -0.468 e. The lowest BCUT2D eigenvalue weighted by Gasteiger charge is -2.02. The van der Waals surface area contributed by atoms with Gasteiger partial charge in [0.1, 0.15) is 0 Å². The number of rotatable bonds is 8. The summed E-state index contributed by atoms with van der Waals surface area (Å²) in [4.78, 5) is 10.6. The minimum atomic E-state index is -0.227. The van der Waals surface area contributed by atoms with Gasteiger partial charge in [0.05, 0.1) is 13.7 Å². The van der Waals surface area contributed by atoms with Crippen molar-refractivity contribution in [2.45, 2.75) is 25.7 Å². The van der Waals surface area contributed by atoms with Crippen LogP contribution in [-0.4, -0.2) is 37.9 Å². The van der Waals surface area contributed by atoms with E-state index in [0.29, 0.717) is 0 Å². The van der Waals surface area contributed by atoms with Gasteiger partial charge in [0.25, 0.3) is 0 Å². The maximum Gasteiger partial charge on any atom is 0.319 e. The number of aliphatic hydroxyl groups excluding tert-OH is 1. The van der Waals surface area contributed by atoms with Crippen molar-refractivity contribution < 1.29 is 14.6 Å². The molecule has 0 amide bonds. The second-order valence-corrected chi connectivity index (χ2v) is 2.89. The third-order valence-electron chi connectivity index (χ3n) is 1.76. The number of esters is 1. The van der Waals surface area contributed by atoms with Gasteiger partial charge in [-0.25, -0.2) is 0 Å². The Morgan fingerprint density at radius 2 is 2.00 bits per heavy atom. The second-order valence-electron chi connectivity index (χ2n) is 2.89. The van der Waals surface area contributed by atoms with Crippen LogP contribution in [0.25, 0.3) is 0 Å². The summed E-state index contributed by atoms with van der Waals surface area (Å²) < 4.78 is 4.46. The molecule has 0 saturated heterocycles. The zero-order valence-corrected chi connectivity index (χ0v) is 8.21. The molecule has 0 unspecified atom stereocenters. The summed E-state index contributed by atoms with van der Waals surface area (Å²) in [6, 6.07) is 0. The molecule has 0 aromatic rings. The molecule has 0 aromatic heterocycles. The van der Waals surface area contributed by atoms with E-state index in [0.717, 1.165) is 32.2 Å². The van der Waals surface area contributed by atoms with Crippen LogP contribution in [0.2, 0.25) is 0 Å². The average Bonchev–Trinajstić information content (AvgIpc) is 2.16. The molecule has 0 atom stereocenters. The number of carbonyl (C=O) groups excluding carboxylic acids is 1. The highest BCUT2D eigenvalue weighted by molar-refractivity contribution is 5.71. The lowest BCUT2D eigenvalue weighted by molar-refractivity contribution is -0.139. The molecule has 0 aliphatic heterocycles. The molecule has 0 bridgehead atoms. The largest absolute Gasteiger partial charge is 0.468 e. The summed E-state index contributed by atoms with van der Waals surface area (Å²) in [5.41, 5.74) is 0. The van der Waals surface area contributed by atoms with E-state index in [-0.39, 0.29) is 19.1 Å². The predicted octanol–water partition coefficient (Wildman–Crippen LogP) is 0.302. The van der Waals surface area contributed by atoms with Gasteiger partial charge in [-0.05, 0) is 19.4 Å². The molecule has 0 aliphatic carbocycles. The monoisotopic (exact) mass is 189 g/mol. The SMILES string of the molecule is COC(=O)CNCCCCCCO. The molecular formula is C9H19NO3. The third-order valence-corrected chi connectivity index (χ3v) is 1.76. The fraction of sp³-hybridized carbons (Fsp3) is 0.889. The highest BCUT2D eigenvalue weighted by atomic mass is 16.5. The van der Waals surface area contributed by atoms with E-state index in [9.17, 15) is 4.79 Å². The quantitative estimate of drug-likeness (QED) is 0.426. The third kappa shape index (κ3) is 9.30. The lowest BCUT2D eigenvalue weighted by Crippen LogP contribution is -2.24. The van der Waals surface area contributed by atoms with Gasteiger partial charge < -0.3 is 15.2 Å². The number of hydrogen-bond acceptors (Lipinski definition) is 4. The topological polar surface area (TPSA) is 58.6 Å². The van der Waals surface area contributed by atoms with Crippen LogP contribution in [0, 0.1) is 0 Å². The van der Waals surface area contributed by atoms with Crippen LogP contribution in [0.1, 0.15) is 25.7 Å². The van der Waals surface area contributed by atoms with Crippen LogP contribution in [-0.2, 0) is 9.53 Å². The summed E-state index contributed by atoms with van der Waals surface area (Å²) in [6.45, 7) is 1.40. The van der Waals surface area contributed by atoms with E-state index < -0.39 is 0 Å². The number of nitrogens with one attached hydrogen (secondary N) is 1. The van der Waals surface area contributed by atoms with Crippen molar-refractivity contribution in [3.8, 4) is 0 Å². The molecule has 0 radical (unpaired) electrons. The number of unbranched alkanes of at least 4 members (excludes halogenated alkanes) is 3. The molecule has 0 heterocycles. The number of aliphatic hydroxyl groups is 1. The van der Waals surface area contributed by atoms with Crippen molar-refractivity contribution in [2.24, 2.45) is 0 Å². The molecule has 0 aliphatic rings. The van der Waals surface area contributed by atoms with Gasteiger partial charge >= 0.3 is 5.97 Å². The highest BCUT2D eigenvalue weighted by Gasteiger charge is 1.97. The number of methoxy groups -OCH3 is 1. The molecule has 2 N–H and O–H groups in total. The maximum atomic E-state index is 10.6. The predicted molar refractivity (Wildman–Crippen MR) is 50.4 cm³/mol. The minimum absolute atomic E-state index is 0.227. The van der Waals surface area contributed by atoms with Gasteiger partial charge in [-0.15, -0.1) is 0 Å². The number of carbonyl (C=O) groups is 1. The normalized spacial score (nSPS) is 10.0. The van der Waals surface area contributed by atoms with E-state index >= 15 is 0 Å². The van der Waals surface area contributed by atoms with Gasteiger partial charge in [0.2, 0.25) is 0 Å². The molecule has 4 heteroatoms. The van der Waals surface area contributed by atoms with Crippen molar-refractivity contribution in [1.29, 1.82) is 0 Å². The molecule has 0 spiro atoms. The van der Waals surface area contributed by atoms with Crippen LogP contribution < -0.4 is 5.32 Å². The molecule has 0 fully saturated rings. The molecule has 0 saturated carbocycles. The van der Waals surface area contributed by atoms with Gasteiger partial charge in [-0.1, -0.05) is 12.8 Å². The van der Waals surface area contributed by atoms with Crippen molar-refractivity contribution >= 4 is 5.97 Å². The standard InChI is InChI=1S/C9H19NO3/c1-13-9(12)8-10-6-4-2-3-5-7-11/h10-11H,2-8H2,1H3. The van der Waals surface area contributed by atoms with Crippen molar-refractivity contribution in [1.82, 2.24) is 5.32 Å². The Bertz CT molecular complexity index is 128. The average molecular weight is 189 g/mol. The molecule has 13 heavy (non-hydrogen) atoms. The summed E-state index contributed by atoms with van der Waals surface area (Å²) in [5.74, 6) is -0.227. The fourth-order valence-electron chi connectivity index (χ4n) is 0.978. The van der Waals surface area contributed by atoms with Crippen LogP contribution in [0.15, 0.2) is 0 Å². The van der Waals surface area contributed by atoms with Crippen molar-refractivity contribution in [2.75, 3.05) is 26.8 Å². The summed E-state index contributed by atoms with van der Waals surface area (Å²) >= 11 is 0. The smallest absolute Gasteiger partial charge is 0.319 e.